The van der Waals surface area contributed by atoms with Crippen molar-refractivity contribution in [3.8, 4) is 0 Å². The van der Waals surface area contributed by atoms with E-state index in [2.05, 4.69) is 51.6 Å². The van der Waals surface area contributed by atoms with Crippen molar-refractivity contribution < 1.29 is 23.1 Å². The first-order valence-electron chi connectivity index (χ1n) is 13.4. The van der Waals surface area contributed by atoms with E-state index in [1.807, 2.05) is 30.3 Å². The molecule has 4 rings (SSSR count). The van der Waals surface area contributed by atoms with Crippen molar-refractivity contribution >= 4 is 8.56 Å². The fourth-order valence-electron chi connectivity index (χ4n) is 6.15. The summed E-state index contributed by atoms with van der Waals surface area (Å²) in [6, 6.07) is 9.38. The molecule has 3 aliphatic rings. The summed E-state index contributed by atoms with van der Waals surface area (Å²) in [5, 5.41) is 3.73. The Morgan fingerprint density at radius 3 is 2.31 bits per heavy atom. The molecule has 1 aliphatic carbocycles. The largest absolute Gasteiger partial charge is 0.391 e. The number of ether oxygens (including phenoxy) is 3. The predicted octanol–water partition coefficient (Wildman–Crippen LogP) is 6.78. The summed E-state index contributed by atoms with van der Waals surface area (Å²) in [4.78, 5) is 3.21. The lowest BCUT2D eigenvalue weighted by Crippen LogP contribution is -2.63. The van der Waals surface area contributed by atoms with Gasteiger partial charge < -0.3 is 23.1 Å². The summed E-state index contributed by atoms with van der Waals surface area (Å²) < 4.78 is 33.5. The van der Waals surface area contributed by atoms with Crippen LogP contribution in [0.2, 0.25) is 10.1 Å². The van der Waals surface area contributed by atoms with Crippen molar-refractivity contribution in [3.63, 3.8) is 0 Å². The van der Waals surface area contributed by atoms with Gasteiger partial charge in [-0.2, -0.15) is 0 Å². The van der Waals surface area contributed by atoms with Crippen molar-refractivity contribution in [1.29, 1.82) is 0 Å². The van der Waals surface area contributed by atoms with Crippen LogP contribution in [0.15, 0.2) is 35.4 Å². The minimum Gasteiger partial charge on any atom is -0.391 e. The molecule has 8 nitrogen and oxygen atoms in total. The highest BCUT2D eigenvalue weighted by atomic mass is 28.4. The number of nitrogens with zero attached hydrogens (tertiary/aromatic N) is 3. The molecule has 2 saturated heterocycles. The number of azide groups is 1. The van der Waals surface area contributed by atoms with E-state index in [9.17, 15) is 5.53 Å². The summed E-state index contributed by atoms with van der Waals surface area (Å²) in [5.41, 5.74) is 10.6. The Labute approximate surface area is 216 Å². The molecule has 9 heteroatoms. The fraction of sp³-hybridized carbons (Fsp3) is 0.778. The Morgan fingerprint density at radius 1 is 1.03 bits per heavy atom. The van der Waals surface area contributed by atoms with E-state index < -0.39 is 39.2 Å². The second-order valence-electron chi connectivity index (χ2n) is 12.4. The van der Waals surface area contributed by atoms with Crippen molar-refractivity contribution in [2.45, 2.75) is 127 Å². The van der Waals surface area contributed by atoms with Gasteiger partial charge in [0.15, 0.2) is 6.29 Å². The first kappa shape index (κ1) is 27.6. The maximum Gasteiger partial charge on any atom is 0.349 e. The lowest BCUT2D eigenvalue weighted by molar-refractivity contribution is -0.278. The second kappa shape index (κ2) is 11.1. The Kier molecular flexibility index (Phi) is 8.51. The minimum absolute atomic E-state index is 0.0946. The molecule has 2 bridgehead atoms. The molecular formula is C27H43N3O5Si. The van der Waals surface area contributed by atoms with Gasteiger partial charge >= 0.3 is 8.56 Å². The van der Waals surface area contributed by atoms with Gasteiger partial charge in [0.25, 0.3) is 0 Å². The molecule has 3 fully saturated rings. The number of fused-ring (bicyclic) bond motifs is 2. The van der Waals surface area contributed by atoms with Gasteiger partial charge in [0.2, 0.25) is 0 Å². The zero-order valence-electron chi connectivity index (χ0n) is 22.7. The Bertz CT molecular complexity index is 892. The monoisotopic (exact) mass is 517 g/mol. The number of rotatable bonds is 6. The van der Waals surface area contributed by atoms with Crippen molar-refractivity contribution in [2.24, 2.45) is 5.11 Å². The van der Waals surface area contributed by atoms with E-state index in [1.54, 1.807) is 0 Å². The first-order chi connectivity index (χ1) is 17.1. The normalized spacial score (nSPS) is 31.3. The molecular weight excluding hydrogens is 474 g/mol. The molecule has 2 heterocycles. The third-order valence-corrected chi connectivity index (χ3v) is 12.8. The maximum atomic E-state index is 9.58. The van der Waals surface area contributed by atoms with Crippen LogP contribution in [0.25, 0.3) is 10.4 Å². The molecule has 0 aromatic heterocycles. The Hall–Kier alpha value is -1.45. The van der Waals surface area contributed by atoms with E-state index in [-0.39, 0.29) is 16.2 Å². The van der Waals surface area contributed by atoms with Crippen LogP contribution >= 0.6 is 0 Å². The van der Waals surface area contributed by atoms with Crippen LogP contribution in [0.5, 0.6) is 0 Å². The van der Waals surface area contributed by atoms with Crippen molar-refractivity contribution in [1.82, 2.24) is 0 Å². The van der Waals surface area contributed by atoms with E-state index in [4.69, 9.17) is 23.1 Å². The highest BCUT2D eigenvalue weighted by Gasteiger charge is 2.64. The molecule has 0 amide bonds. The number of hydrogen-bond donors (Lipinski definition) is 0. The van der Waals surface area contributed by atoms with Gasteiger partial charge in [-0.15, -0.1) is 0 Å². The minimum atomic E-state index is -2.92. The topological polar surface area (TPSA) is 94.9 Å². The van der Waals surface area contributed by atoms with E-state index >= 15 is 0 Å². The van der Waals surface area contributed by atoms with Crippen LogP contribution in [0, 0.1) is 0 Å². The van der Waals surface area contributed by atoms with E-state index in [0.717, 1.165) is 31.2 Å². The molecule has 200 valence electrons. The van der Waals surface area contributed by atoms with Crippen LogP contribution in [0.1, 0.15) is 79.2 Å². The van der Waals surface area contributed by atoms with Gasteiger partial charge in [-0.1, -0.05) is 96.3 Å². The van der Waals surface area contributed by atoms with Gasteiger partial charge in [0.05, 0.1) is 25.4 Å². The molecule has 0 N–H and O–H groups in total. The van der Waals surface area contributed by atoms with Gasteiger partial charge in [0, 0.05) is 15.0 Å². The molecule has 36 heavy (non-hydrogen) atoms. The average molecular weight is 518 g/mol. The van der Waals surface area contributed by atoms with Crippen LogP contribution in [-0.2, 0) is 29.7 Å². The lowest BCUT2D eigenvalue weighted by Gasteiger charge is -2.51. The molecule has 0 spiro atoms. The van der Waals surface area contributed by atoms with Gasteiger partial charge in [-0.25, -0.2) is 0 Å². The van der Waals surface area contributed by atoms with Crippen LogP contribution < -0.4 is 0 Å². The summed E-state index contributed by atoms with van der Waals surface area (Å²) >= 11 is 0. The smallest absolute Gasteiger partial charge is 0.349 e. The summed E-state index contributed by atoms with van der Waals surface area (Å²) in [6.45, 7) is 13.8. The molecule has 0 unspecified atom stereocenters. The summed E-state index contributed by atoms with van der Waals surface area (Å²) in [5.74, 6) is 0. The molecule has 1 saturated carbocycles. The van der Waals surface area contributed by atoms with Crippen LogP contribution in [0.4, 0.5) is 0 Å². The molecule has 1 aromatic carbocycles. The van der Waals surface area contributed by atoms with E-state index in [1.165, 1.54) is 6.42 Å². The van der Waals surface area contributed by atoms with Crippen molar-refractivity contribution in [3.05, 3.63) is 46.3 Å². The Balaban J connectivity index is 1.70. The number of benzene rings is 1. The zero-order valence-corrected chi connectivity index (χ0v) is 23.7. The summed E-state index contributed by atoms with van der Waals surface area (Å²) in [7, 11) is -2.92. The standard InChI is InChI=1S/C27H43N3O5Si/c1-26(2,3)36(27(4,5)6)32-18-21-23(31-17-19-13-9-7-10-14-19)24(35-36)22(29-30-28)25(34-21)33-20-15-11-8-12-16-20/h7,9-10,13-14,20-25H,8,11-12,15-18H2,1-6H3/t21-,22-,23-,24-,25-/m1/s1. The highest BCUT2D eigenvalue weighted by Crippen LogP contribution is 2.55. The Morgan fingerprint density at radius 2 is 1.69 bits per heavy atom. The molecule has 2 aliphatic heterocycles. The first-order valence-corrected chi connectivity index (χ1v) is 15.2. The fourth-order valence-corrected chi connectivity index (χ4v) is 11.1. The molecule has 1 aromatic rings. The third-order valence-electron chi connectivity index (χ3n) is 7.69. The second-order valence-corrected chi connectivity index (χ2v) is 17.2. The van der Waals surface area contributed by atoms with Gasteiger partial charge in [0.1, 0.15) is 18.2 Å². The summed E-state index contributed by atoms with van der Waals surface area (Å²) in [6.07, 6.45) is 3.52. The van der Waals surface area contributed by atoms with Gasteiger partial charge in [-0.05, 0) is 23.9 Å². The van der Waals surface area contributed by atoms with E-state index in [0.29, 0.717) is 13.2 Å². The van der Waals surface area contributed by atoms with Crippen LogP contribution in [-0.4, -0.2) is 51.9 Å². The molecule has 5 atom stereocenters. The average Bonchev–Trinajstić information content (AvgIpc) is 2.95. The highest BCUT2D eigenvalue weighted by molar-refractivity contribution is 6.73. The third kappa shape index (κ3) is 5.68. The lowest BCUT2D eigenvalue weighted by atomic mass is 9.95. The molecule has 0 radical (unpaired) electrons. The van der Waals surface area contributed by atoms with Crippen molar-refractivity contribution in [2.75, 3.05) is 6.61 Å². The zero-order chi connectivity index (χ0) is 26.0. The maximum absolute atomic E-state index is 9.58. The quantitative estimate of drug-likeness (QED) is 0.179. The van der Waals surface area contributed by atoms with Crippen LogP contribution in [0.3, 0.4) is 0 Å². The number of hydrogen-bond acceptors (Lipinski definition) is 6. The predicted molar refractivity (Wildman–Crippen MR) is 141 cm³/mol. The SMILES string of the molecule is CC(C)(C)[Si]1(C(C)(C)C)OC[C@H]2O[C@@H](OC3CCCCC3)[C@H](N=[N+]=[N-])[C@@H](O1)[C@@H]2OCc1ccccc1. The van der Waals surface area contributed by atoms with Gasteiger partial charge in [-0.3, -0.25) is 0 Å².